The SMILES string of the molecule is CCCCCCCCc1ccc(CC2OCCC2(N)CC)cc1. The van der Waals surface area contributed by atoms with Crippen molar-refractivity contribution in [3.05, 3.63) is 35.4 Å². The van der Waals surface area contributed by atoms with Crippen molar-refractivity contribution in [2.75, 3.05) is 6.61 Å². The Morgan fingerprint density at radius 3 is 2.35 bits per heavy atom. The molecule has 1 aromatic rings. The van der Waals surface area contributed by atoms with Crippen molar-refractivity contribution in [2.24, 2.45) is 5.73 Å². The molecule has 2 unspecified atom stereocenters. The first-order chi connectivity index (χ1) is 11.2. The van der Waals surface area contributed by atoms with E-state index in [0.29, 0.717) is 0 Å². The van der Waals surface area contributed by atoms with E-state index >= 15 is 0 Å². The van der Waals surface area contributed by atoms with E-state index in [0.717, 1.165) is 25.9 Å². The molecule has 1 heterocycles. The zero-order valence-corrected chi connectivity index (χ0v) is 15.2. The van der Waals surface area contributed by atoms with E-state index < -0.39 is 0 Å². The van der Waals surface area contributed by atoms with Crippen molar-refractivity contribution in [2.45, 2.75) is 89.7 Å². The molecule has 0 aliphatic carbocycles. The van der Waals surface area contributed by atoms with Crippen LogP contribution in [-0.4, -0.2) is 18.2 Å². The number of ether oxygens (including phenoxy) is 1. The van der Waals surface area contributed by atoms with Crippen molar-refractivity contribution < 1.29 is 4.74 Å². The topological polar surface area (TPSA) is 35.2 Å². The summed E-state index contributed by atoms with van der Waals surface area (Å²) in [5, 5.41) is 0. The third kappa shape index (κ3) is 5.61. The number of hydrogen-bond donors (Lipinski definition) is 1. The van der Waals surface area contributed by atoms with Crippen LogP contribution >= 0.6 is 0 Å². The summed E-state index contributed by atoms with van der Waals surface area (Å²) >= 11 is 0. The summed E-state index contributed by atoms with van der Waals surface area (Å²) in [4.78, 5) is 0. The Labute approximate surface area is 142 Å². The average molecular weight is 318 g/mol. The van der Waals surface area contributed by atoms with Crippen LogP contribution in [0.4, 0.5) is 0 Å². The zero-order valence-electron chi connectivity index (χ0n) is 15.2. The van der Waals surface area contributed by atoms with Crippen LogP contribution in [-0.2, 0) is 17.6 Å². The van der Waals surface area contributed by atoms with Gasteiger partial charge in [0.1, 0.15) is 0 Å². The Hall–Kier alpha value is -0.860. The number of aryl methyl sites for hydroxylation is 1. The maximum Gasteiger partial charge on any atom is 0.0795 e. The average Bonchev–Trinajstić information content (AvgIpc) is 2.94. The molecule has 23 heavy (non-hydrogen) atoms. The predicted octanol–water partition coefficient (Wildman–Crippen LogP) is 5.03. The summed E-state index contributed by atoms with van der Waals surface area (Å²) in [5.74, 6) is 0. The van der Waals surface area contributed by atoms with Gasteiger partial charge in [0.2, 0.25) is 0 Å². The summed E-state index contributed by atoms with van der Waals surface area (Å²) in [6.45, 7) is 5.25. The quantitative estimate of drug-likeness (QED) is 0.614. The molecule has 130 valence electrons. The van der Waals surface area contributed by atoms with E-state index in [1.807, 2.05) is 0 Å². The van der Waals surface area contributed by atoms with Gasteiger partial charge >= 0.3 is 0 Å². The lowest BCUT2D eigenvalue weighted by Gasteiger charge is -2.28. The normalized spacial score (nSPS) is 24.2. The van der Waals surface area contributed by atoms with E-state index in [1.54, 1.807) is 0 Å². The monoisotopic (exact) mass is 317 g/mol. The minimum Gasteiger partial charge on any atom is -0.376 e. The van der Waals surface area contributed by atoms with E-state index in [4.69, 9.17) is 10.5 Å². The van der Waals surface area contributed by atoms with Crippen LogP contribution in [0, 0.1) is 0 Å². The molecule has 1 aliphatic heterocycles. The van der Waals surface area contributed by atoms with Gasteiger partial charge in [-0.2, -0.15) is 0 Å². The first-order valence-electron chi connectivity index (χ1n) is 9.66. The van der Waals surface area contributed by atoms with Gasteiger partial charge in [-0.25, -0.2) is 0 Å². The highest BCUT2D eigenvalue weighted by Gasteiger charge is 2.38. The highest BCUT2D eigenvalue weighted by Crippen LogP contribution is 2.29. The second-order valence-electron chi connectivity index (χ2n) is 7.23. The van der Waals surface area contributed by atoms with E-state index in [-0.39, 0.29) is 11.6 Å². The summed E-state index contributed by atoms with van der Waals surface area (Å²) in [6, 6.07) is 9.12. The molecule has 0 bridgehead atoms. The molecule has 1 aromatic carbocycles. The van der Waals surface area contributed by atoms with Crippen LogP contribution in [0.25, 0.3) is 0 Å². The second-order valence-corrected chi connectivity index (χ2v) is 7.23. The summed E-state index contributed by atoms with van der Waals surface area (Å²) in [5.41, 5.74) is 9.16. The highest BCUT2D eigenvalue weighted by atomic mass is 16.5. The molecule has 2 heteroatoms. The van der Waals surface area contributed by atoms with Crippen molar-refractivity contribution in [1.29, 1.82) is 0 Å². The van der Waals surface area contributed by atoms with Crippen LogP contribution < -0.4 is 5.73 Å². The summed E-state index contributed by atoms with van der Waals surface area (Å²) in [7, 11) is 0. The lowest BCUT2D eigenvalue weighted by molar-refractivity contribution is 0.0795. The fraction of sp³-hybridized carbons (Fsp3) is 0.714. The van der Waals surface area contributed by atoms with Crippen LogP contribution in [0.3, 0.4) is 0 Å². The molecule has 2 atom stereocenters. The van der Waals surface area contributed by atoms with E-state index in [1.165, 1.54) is 56.1 Å². The van der Waals surface area contributed by atoms with Gasteiger partial charge in [-0.3, -0.25) is 0 Å². The smallest absolute Gasteiger partial charge is 0.0795 e. The number of unbranched alkanes of at least 4 members (excludes halogenated alkanes) is 5. The van der Waals surface area contributed by atoms with E-state index in [9.17, 15) is 0 Å². The molecule has 0 amide bonds. The van der Waals surface area contributed by atoms with Crippen LogP contribution in [0.5, 0.6) is 0 Å². The molecule has 0 radical (unpaired) electrons. The largest absolute Gasteiger partial charge is 0.376 e. The Balaban J connectivity index is 1.74. The standard InChI is InChI=1S/C21H35NO/c1-3-5-6-7-8-9-10-18-11-13-19(14-12-18)17-20-21(22,4-2)15-16-23-20/h11-14,20H,3-10,15-17,22H2,1-2H3. The molecule has 2 N–H and O–H groups in total. The van der Waals surface area contributed by atoms with Gasteiger partial charge in [-0.1, -0.05) is 70.2 Å². The third-order valence-corrected chi connectivity index (χ3v) is 5.45. The van der Waals surface area contributed by atoms with Gasteiger partial charge in [0.15, 0.2) is 0 Å². The lowest BCUT2D eigenvalue weighted by Crippen LogP contribution is -2.47. The molecule has 2 nitrogen and oxygen atoms in total. The summed E-state index contributed by atoms with van der Waals surface area (Å²) in [6.07, 6.45) is 12.5. The Morgan fingerprint density at radius 1 is 1.00 bits per heavy atom. The number of hydrogen-bond acceptors (Lipinski definition) is 2. The molecular weight excluding hydrogens is 282 g/mol. The molecule has 0 saturated carbocycles. The van der Waals surface area contributed by atoms with Crippen molar-refractivity contribution in [3.63, 3.8) is 0 Å². The number of benzene rings is 1. The first kappa shape index (κ1) is 18.5. The van der Waals surface area contributed by atoms with Crippen LogP contribution in [0.1, 0.15) is 76.3 Å². The fourth-order valence-electron chi connectivity index (χ4n) is 3.55. The third-order valence-electron chi connectivity index (χ3n) is 5.45. The second kappa shape index (κ2) is 9.44. The highest BCUT2D eigenvalue weighted by molar-refractivity contribution is 5.24. The molecule has 0 spiro atoms. The van der Waals surface area contributed by atoms with Gasteiger partial charge in [-0.05, 0) is 36.8 Å². The van der Waals surface area contributed by atoms with Crippen molar-refractivity contribution >= 4 is 0 Å². The molecule has 0 aromatic heterocycles. The Bertz CT molecular complexity index is 442. The molecule has 1 saturated heterocycles. The van der Waals surface area contributed by atoms with Gasteiger partial charge in [-0.15, -0.1) is 0 Å². The van der Waals surface area contributed by atoms with Crippen molar-refractivity contribution in [3.8, 4) is 0 Å². The minimum atomic E-state index is -0.128. The maximum atomic E-state index is 6.47. The van der Waals surface area contributed by atoms with Gasteiger partial charge < -0.3 is 10.5 Å². The fourth-order valence-corrected chi connectivity index (χ4v) is 3.55. The molecule has 1 aliphatic rings. The molecular formula is C21H35NO. The molecule has 2 rings (SSSR count). The predicted molar refractivity (Wildman–Crippen MR) is 98.8 cm³/mol. The first-order valence-corrected chi connectivity index (χ1v) is 9.66. The van der Waals surface area contributed by atoms with E-state index in [2.05, 4.69) is 38.1 Å². The van der Waals surface area contributed by atoms with Crippen molar-refractivity contribution in [1.82, 2.24) is 0 Å². The minimum absolute atomic E-state index is 0.128. The zero-order chi connectivity index (χ0) is 16.5. The maximum absolute atomic E-state index is 6.47. The van der Waals surface area contributed by atoms with Gasteiger partial charge in [0, 0.05) is 18.6 Å². The summed E-state index contributed by atoms with van der Waals surface area (Å²) < 4.78 is 5.88. The molecule has 1 fully saturated rings. The van der Waals surface area contributed by atoms with Crippen LogP contribution in [0.2, 0.25) is 0 Å². The number of nitrogens with two attached hydrogens (primary N) is 1. The van der Waals surface area contributed by atoms with Crippen LogP contribution in [0.15, 0.2) is 24.3 Å². The lowest BCUT2D eigenvalue weighted by atomic mass is 9.86. The number of rotatable bonds is 10. The Kier molecular flexibility index (Phi) is 7.58. The van der Waals surface area contributed by atoms with Gasteiger partial charge in [0.05, 0.1) is 6.10 Å². The Morgan fingerprint density at radius 2 is 1.65 bits per heavy atom. The van der Waals surface area contributed by atoms with Gasteiger partial charge in [0.25, 0.3) is 0 Å².